The molecule has 8 aromatic carbocycles. The Balaban J connectivity index is 1.26. The van der Waals surface area contributed by atoms with Gasteiger partial charge >= 0.3 is 0 Å². The van der Waals surface area contributed by atoms with Crippen molar-refractivity contribution < 1.29 is 0 Å². The van der Waals surface area contributed by atoms with E-state index in [0.717, 1.165) is 5.69 Å². The average Bonchev–Trinajstić information content (AvgIpc) is 3.71. The summed E-state index contributed by atoms with van der Waals surface area (Å²) >= 11 is 0. The summed E-state index contributed by atoms with van der Waals surface area (Å²) in [5.41, 5.74) is 14.4. The molecule has 2 heteroatoms. The normalized spacial score (nSPS) is 11.6. The van der Waals surface area contributed by atoms with Gasteiger partial charge in [-0.2, -0.15) is 0 Å². The molecular formula is C48H32N2. The highest BCUT2D eigenvalue weighted by molar-refractivity contribution is 6.17. The predicted octanol–water partition coefficient (Wildman–Crippen LogP) is 12.9. The number of nitrogens with zero attached hydrogens (tertiary/aromatic N) is 2. The number of hydrogen-bond acceptors (Lipinski definition) is 0. The average molecular weight is 637 g/mol. The largest absolute Gasteiger partial charge is 0.309 e. The maximum Gasteiger partial charge on any atom is 0.0618 e. The van der Waals surface area contributed by atoms with Gasteiger partial charge in [0.25, 0.3) is 0 Å². The Kier molecular flexibility index (Phi) is 6.53. The molecule has 2 nitrogen and oxygen atoms in total. The van der Waals surface area contributed by atoms with Crippen molar-refractivity contribution in [3.05, 3.63) is 194 Å². The predicted molar refractivity (Wildman–Crippen MR) is 211 cm³/mol. The highest BCUT2D eigenvalue weighted by Crippen LogP contribution is 2.44. The lowest BCUT2D eigenvalue weighted by molar-refractivity contribution is 1.18. The van der Waals surface area contributed by atoms with Crippen molar-refractivity contribution >= 4 is 43.6 Å². The van der Waals surface area contributed by atoms with E-state index in [4.69, 9.17) is 0 Å². The van der Waals surface area contributed by atoms with Crippen molar-refractivity contribution in [2.24, 2.45) is 0 Å². The first-order valence-electron chi connectivity index (χ1n) is 17.2. The van der Waals surface area contributed by atoms with E-state index in [1.165, 1.54) is 82.7 Å². The smallest absolute Gasteiger partial charge is 0.0618 e. The summed E-state index contributed by atoms with van der Waals surface area (Å²) in [6.07, 6.45) is 0. The number of rotatable bonds is 5. The van der Waals surface area contributed by atoms with Gasteiger partial charge < -0.3 is 9.13 Å². The van der Waals surface area contributed by atoms with Crippen LogP contribution in [0.1, 0.15) is 0 Å². The summed E-state index contributed by atoms with van der Waals surface area (Å²) in [4.78, 5) is 0. The van der Waals surface area contributed by atoms with Crippen LogP contribution in [0.2, 0.25) is 0 Å². The Morgan fingerprint density at radius 3 is 1.34 bits per heavy atom. The summed E-state index contributed by atoms with van der Waals surface area (Å²) < 4.78 is 4.90. The molecule has 0 unspecified atom stereocenters. The zero-order valence-corrected chi connectivity index (χ0v) is 27.4. The van der Waals surface area contributed by atoms with Gasteiger partial charge in [-0.05, 0) is 58.7 Å². The molecule has 0 amide bonds. The van der Waals surface area contributed by atoms with Crippen LogP contribution in [0.25, 0.3) is 88.4 Å². The quantitative estimate of drug-likeness (QED) is 0.178. The van der Waals surface area contributed by atoms with E-state index in [0.29, 0.717) is 0 Å². The van der Waals surface area contributed by atoms with Crippen LogP contribution in [0.5, 0.6) is 0 Å². The minimum atomic E-state index is 1.15. The Hall–Kier alpha value is -6.64. The lowest BCUT2D eigenvalue weighted by atomic mass is 9.95. The van der Waals surface area contributed by atoms with Crippen LogP contribution in [0.3, 0.4) is 0 Å². The monoisotopic (exact) mass is 636 g/mol. The van der Waals surface area contributed by atoms with Crippen LogP contribution in [-0.4, -0.2) is 9.13 Å². The Labute approximate surface area is 290 Å². The van der Waals surface area contributed by atoms with Gasteiger partial charge in [0, 0.05) is 38.4 Å². The molecule has 0 fully saturated rings. The molecule has 2 aromatic heterocycles. The molecule has 10 aromatic rings. The van der Waals surface area contributed by atoms with Gasteiger partial charge in [-0.3, -0.25) is 0 Å². The lowest BCUT2D eigenvalue weighted by Gasteiger charge is -2.19. The van der Waals surface area contributed by atoms with Crippen LogP contribution < -0.4 is 0 Å². The molecule has 50 heavy (non-hydrogen) atoms. The van der Waals surface area contributed by atoms with Crippen molar-refractivity contribution in [1.82, 2.24) is 9.13 Å². The Bertz CT molecular complexity index is 2740. The second-order valence-electron chi connectivity index (χ2n) is 12.9. The molecule has 0 bridgehead atoms. The summed E-state index contributed by atoms with van der Waals surface area (Å²) in [6.45, 7) is 0. The summed E-state index contributed by atoms with van der Waals surface area (Å²) in [7, 11) is 0. The van der Waals surface area contributed by atoms with E-state index < -0.39 is 0 Å². The number of hydrogen-bond donors (Lipinski definition) is 0. The fourth-order valence-electron chi connectivity index (χ4n) is 8.00. The number of aromatic nitrogens is 2. The zero-order valence-electron chi connectivity index (χ0n) is 27.4. The second-order valence-corrected chi connectivity index (χ2v) is 12.9. The third-order valence-corrected chi connectivity index (χ3v) is 10.1. The van der Waals surface area contributed by atoms with Crippen molar-refractivity contribution in [1.29, 1.82) is 0 Å². The number of benzene rings is 8. The molecule has 0 N–H and O–H groups in total. The maximum atomic E-state index is 2.50. The van der Waals surface area contributed by atoms with Gasteiger partial charge in [-0.15, -0.1) is 0 Å². The second kappa shape index (κ2) is 11.5. The fourth-order valence-corrected chi connectivity index (χ4v) is 8.00. The molecular weight excluding hydrogens is 605 g/mol. The lowest BCUT2D eigenvalue weighted by Crippen LogP contribution is -2.00. The zero-order chi connectivity index (χ0) is 33.0. The molecule has 0 radical (unpaired) electrons. The molecule has 234 valence electrons. The SMILES string of the molecule is c1ccc(-c2cccc(-c3ccccc3)c2-n2c3ccccc3c3c(-c4cccc(-n5c6ccccc6c6ccccc65)c4)cccc32)cc1. The van der Waals surface area contributed by atoms with Gasteiger partial charge in [0.05, 0.1) is 27.8 Å². The molecule has 0 saturated carbocycles. The molecule has 0 spiro atoms. The minimum absolute atomic E-state index is 1.15. The first-order chi connectivity index (χ1) is 24.8. The van der Waals surface area contributed by atoms with Crippen molar-refractivity contribution in [2.45, 2.75) is 0 Å². The fraction of sp³-hybridized carbons (Fsp3) is 0. The summed E-state index contributed by atoms with van der Waals surface area (Å²) in [5, 5.41) is 5.03. The summed E-state index contributed by atoms with van der Waals surface area (Å²) in [5.74, 6) is 0. The third kappa shape index (κ3) is 4.36. The van der Waals surface area contributed by atoms with Gasteiger partial charge in [-0.25, -0.2) is 0 Å². The van der Waals surface area contributed by atoms with Crippen molar-refractivity contribution in [3.63, 3.8) is 0 Å². The minimum Gasteiger partial charge on any atom is -0.309 e. The first kappa shape index (κ1) is 28.4. The van der Waals surface area contributed by atoms with Gasteiger partial charge in [0.15, 0.2) is 0 Å². The summed E-state index contributed by atoms with van der Waals surface area (Å²) in [6, 6.07) is 70.4. The molecule has 0 aliphatic rings. The molecule has 0 aliphatic carbocycles. The van der Waals surface area contributed by atoms with E-state index in [9.17, 15) is 0 Å². The molecule has 0 aliphatic heterocycles. The standard InChI is InChI=1S/C48H32N2/c1-3-16-33(17-4-1)38-26-14-27-39(34-18-5-2-6-19-34)48(38)50-45-30-12-9-24-42(45)47-37(25-15-31-46(47)50)35-20-13-21-36(32-35)49-43-28-10-7-22-40(43)41-23-8-11-29-44(41)49/h1-32H. The Morgan fingerprint density at radius 2 is 0.720 bits per heavy atom. The molecule has 10 rings (SSSR count). The molecule has 2 heterocycles. The third-order valence-electron chi connectivity index (χ3n) is 10.1. The van der Waals surface area contributed by atoms with Gasteiger partial charge in [0.1, 0.15) is 0 Å². The van der Waals surface area contributed by atoms with E-state index >= 15 is 0 Å². The van der Waals surface area contributed by atoms with E-state index in [-0.39, 0.29) is 0 Å². The van der Waals surface area contributed by atoms with Crippen LogP contribution in [0.4, 0.5) is 0 Å². The number of fused-ring (bicyclic) bond motifs is 6. The number of para-hydroxylation sites is 4. The first-order valence-corrected chi connectivity index (χ1v) is 17.2. The van der Waals surface area contributed by atoms with Gasteiger partial charge in [-0.1, -0.05) is 158 Å². The highest BCUT2D eigenvalue weighted by atomic mass is 15.0. The van der Waals surface area contributed by atoms with Crippen LogP contribution in [0, 0.1) is 0 Å². The van der Waals surface area contributed by atoms with E-state index in [1.54, 1.807) is 0 Å². The molecule has 0 saturated heterocycles. The van der Waals surface area contributed by atoms with Crippen LogP contribution >= 0.6 is 0 Å². The Morgan fingerprint density at radius 1 is 0.280 bits per heavy atom. The maximum absolute atomic E-state index is 2.50. The van der Waals surface area contributed by atoms with Crippen molar-refractivity contribution in [3.8, 4) is 44.8 Å². The highest BCUT2D eigenvalue weighted by Gasteiger charge is 2.21. The van der Waals surface area contributed by atoms with Gasteiger partial charge in [0.2, 0.25) is 0 Å². The van der Waals surface area contributed by atoms with E-state index in [1.807, 2.05) is 0 Å². The van der Waals surface area contributed by atoms with Crippen molar-refractivity contribution in [2.75, 3.05) is 0 Å². The topological polar surface area (TPSA) is 9.86 Å². The molecule has 0 atom stereocenters. The van der Waals surface area contributed by atoms with E-state index in [2.05, 4.69) is 203 Å². The van der Waals surface area contributed by atoms with Crippen LogP contribution in [-0.2, 0) is 0 Å². The van der Waals surface area contributed by atoms with Crippen LogP contribution in [0.15, 0.2) is 194 Å².